The standard InChI is InChI=1S/C14H12N2O3S2/c1-15-11-10(9-2-7-20-8-9)12(14(17)18)21-13(11)16-3-5-19-6-4-16/h2,7-8H,3-6H2,(H,17,18). The summed E-state index contributed by atoms with van der Waals surface area (Å²) in [7, 11) is 0. The molecule has 0 saturated carbocycles. The fourth-order valence-corrected chi connectivity index (χ4v) is 4.12. The van der Waals surface area contributed by atoms with Crippen LogP contribution in [0.5, 0.6) is 0 Å². The van der Waals surface area contributed by atoms with Crippen molar-refractivity contribution < 1.29 is 14.6 Å². The summed E-state index contributed by atoms with van der Waals surface area (Å²) in [5.41, 5.74) is 1.79. The summed E-state index contributed by atoms with van der Waals surface area (Å²) in [6.45, 7) is 10.1. The average molecular weight is 320 g/mol. The Bertz CT molecular complexity index is 695. The molecule has 1 fully saturated rings. The number of ether oxygens (including phenoxy) is 1. The first kappa shape index (κ1) is 14.1. The Kier molecular flexibility index (Phi) is 3.92. The molecule has 0 aliphatic carbocycles. The number of morpholine rings is 1. The van der Waals surface area contributed by atoms with Gasteiger partial charge in [0.1, 0.15) is 4.88 Å². The molecule has 0 amide bonds. The maximum atomic E-state index is 11.5. The summed E-state index contributed by atoms with van der Waals surface area (Å²) in [4.78, 5) is 17.5. The summed E-state index contributed by atoms with van der Waals surface area (Å²) in [6, 6.07) is 1.86. The highest BCUT2D eigenvalue weighted by Crippen LogP contribution is 2.48. The largest absolute Gasteiger partial charge is 0.477 e. The minimum Gasteiger partial charge on any atom is -0.477 e. The zero-order valence-corrected chi connectivity index (χ0v) is 12.7. The van der Waals surface area contributed by atoms with Gasteiger partial charge in [0, 0.05) is 18.7 Å². The Morgan fingerprint density at radius 2 is 2.19 bits per heavy atom. The van der Waals surface area contributed by atoms with Crippen LogP contribution in [0.3, 0.4) is 0 Å². The van der Waals surface area contributed by atoms with Crippen LogP contribution in [0.2, 0.25) is 0 Å². The lowest BCUT2D eigenvalue weighted by molar-refractivity contribution is 0.0703. The van der Waals surface area contributed by atoms with Crippen LogP contribution in [-0.2, 0) is 4.74 Å². The monoisotopic (exact) mass is 320 g/mol. The van der Waals surface area contributed by atoms with Gasteiger partial charge in [-0.05, 0) is 22.4 Å². The number of carbonyl (C=O) groups is 1. The molecule has 2 aromatic rings. The van der Waals surface area contributed by atoms with Crippen molar-refractivity contribution >= 4 is 39.3 Å². The van der Waals surface area contributed by atoms with Crippen molar-refractivity contribution in [3.05, 3.63) is 33.1 Å². The van der Waals surface area contributed by atoms with E-state index in [1.807, 2.05) is 21.7 Å². The summed E-state index contributed by atoms with van der Waals surface area (Å²) >= 11 is 2.68. The second-order valence-corrected chi connectivity index (χ2v) is 6.27. The van der Waals surface area contributed by atoms with Crippen molar-refractivity contribution in [3.63, 3.8) is 0 Å². The number of carboxylic acids is 1. The highest BCUT2D eigenvalue weighted by molar-refractivity contribution is 7.19. The fraction of sp³-hybridized carbons (Fsp3) is 0.286. The first-order chi connectivity index (χ1) is 10.2. The van der Waals surface area contributed by atoms with Crippen molar-refractivity contribution in [2.75, 3.05) is 31.2 Å². The van der Waals surface area contributed by atoms with Crippen LogP contribution >= 0.6 is 22.7 Å². The lowest BCUT2D eigenvalue weighted by Crippen LogP contribution is -2.35. The molecular formula is C14H12N2O3S2. The molecule has 1 N–H and O–H groups in total. The maximum absolute atomic E-state index is 11.5. The van der Waals surface area contributed by atoms with Crippen LogP contribution in [0.1, 0.15) is 9.67 Å². The summed E-state index contributed by atoms with van der Waals surface area (Å²) < 4.78 is 5.32. The van der Waals surface area contributed by atoms with Gasteiger partial charge in [-0.2, -0.15) is 11.3 Å². The third-order valence-corrected chi connectivity index (χ3v) is 5.19. The maximum Gasteiger partial charge on any atom is 0.345 e. The Morgan fingerprint density at radius 1 is 1.43 bits per heavy atom. The number of hydrogen-bond donors (Lipinski definition) is 1. The van der Waals surface area contributed by atoms with E-state index in [0.717, 1.165) is 10.6 Å². The molecule has 0 unspecified atom stereocenters. The van der Waals surface area contributed by atoms with E-state index in [0.29, 0.717) is 37.6 Å². The number of rotatable bonds is 3. The molecule has 3 heterocycles. The Labute approximate surface area is 129 Å². The van der Waals surface area contributed by atoms with Crippen molar-refractivity contribution in [2.45, 2.75) is 0 Å². The first-order valence-electron chi connectivity index (χ1n) is 6.35. The Morgan fingerprint density at radius 3 is 2.76 bits per heavy atom. The number of nitrogens with zero attached hydrogens (tertiary/aromatic N) is 2. The minimum absolute atomic E-state index is 0.237. The van der Waals surface area contributed by atoms with Crippen LogP contribution in [-0.4, -0.2) is 37.4 Å². The van der Waals surface area contributed by atoms with Crippen LogP contribution in [0.15, 0.2) is 16.8 Å². The van der Waals surface area contributed by atoms with E-state index in [-0.39, 0.29) is 4.88 Å². The molecule has 0 atom stereocenters. The average Bonchev–Trinajstić information content (AvgIpc) is 3.14. The number of anilines is 1. The molecule has 2 aromatic heterocycles. The summed E-state index contributed by atoms with van der Waals surface area (Å²) in [5.74, 6) is -0.981. The second-order valence-electron chi connectivity index (χ2n) is 4.49. The van der Waals surface area contributed by atoms with Gasteiger partial charge in [-0.15, -0.1) is 11.3 Å². The van der Waals surface area contributed by atoms with Crippen molar-refractivity contribution in [1.82, 2.24) is 0 Å². The second kappa shape index (κ2) is 5.85. The van der Waals surface area contributed by atoms with Gasteiger partial charge in [-0.25, -0.2) is 9.64 Å². The molecular weight excluding hydrogens is 308 g/mol. The van der Waals surface area contributed by atoms with Gasteiger partial charge in [0.2, 0.25) is 5.69 Å². The Hall–Kier alpha value is -1.88. The first-order valence-corrected chi connectivity index (χ1v) is 8.11. The Balaban J connectivity index is 2.16. The van der Waals surface area contributed by atoms with Gasteiger partial charge in [-0.3, -0.25) is 0 Å². The van der Waals surface area contributed by atoms with Crippen molar-refractivity contribution in [1.29, 1.82) is 0 Å². The molecule has 0 aromatic carbocycles. The molecule has 1 saturated heterocycles. The number of aromatic carboxylic acids is 1. The van der Waals surface area contributed by atoms with Crippen LogP contribution in [0, 0.1) is 6.57 Å². The molecule has 7 heteroatoms. The van der Waals surface area contributed by atoms with Gasteiger partial charge in [0.15, 0.2) is 0 Å². The smallest absolute Gasteiger partial charge is 0.345 e. The number of thiophene rings is 2. The molecule has 5 nitrogen and oxygen atoms in total. The highest BCUT2D eigenvalue weighted by atomic mass is 32.1. The zero-order chi connectivity index (χ0) is 14.8. The predicted molar refractivity (Wildman–Crippen MR) is 83.9 cm³/mol. The molecule has 108 valence electrons. The van der Waals surface area contributed by atoms with Gasteiger partial charge >= 0.3 is 5.97 Å². The molecule has 0 bridgehead atoms. The van der Waals surface area contributed by atoms with Gasteiger partial charge in [0.05, 0.1) is 24.8 Å². The topological polar surface area (TPSA) is 54.1 Å². The molecule has 1 aliphatic heterocycles. The highest BCUT2D eigenvalue weighted by Gasteiger charge is 2.27. The third kappa shape index (κ3) is 2.53. The van der Waals surface area contributed by atoms with Gasteiger partial charge in [-0.1, -0.05) is 0 Å². The molecule has 0 radical (unpaired) electrons. The van der Waals surface area contributed by atoms with E-state index in [4.69, 9.17) is 11.3 Å². The zero-order valence-electron chi connectivity index (χ0n) is 11.0. The van der Waals surface area contributed by atoms with E-state index in [2.05, 4.69) is 4.85 Å². The quantitative estimate of drug-likeness (QED) is 0.879. The lowest BCUT2D eigenvalue weighted by Gasteiger charge is -2.28. The van der Waals surface area contributed by atoms with E-state index >= 15 is 0 Å². The molecule has 1 aliphatic rings. The van der Waals surface area contributed by atoms with Crippen LogP contribution < -0.4 is 4.90 Å². The SMILES string of the molecule is [C-]#[N+]c1c(N2CCOCC2)sc(C(=O)O)c1-c1ccsc1. The normalized spacial score (nSPS) is 14.9. The van der Waals surface area contributed by atoms with Crippen LogP contribution in [0.25, 0.3) is 16.0 Å². The van der Waals surface area contributed by atoms with E-state index in [9.17, 15) is 9.90 Å². The summed E-state index contributed by atoms with van der Waals surface area (Å²) in [5, 5.41) is 14.0. The van der Waals surface area contributed by atoms with Crippen molar-refractivity contribution in [2.24, 2.45) is 0 Å². The lowest BCUT2D eigenvalue weighted by atomic mass is 10.1. The van der Waals surface area contributed by atoms with E-state index in [1.165, 1.54) is 22.7 Å². The molecule has 0 spiro atoms. The van der Waals surface area contributed by atoms with E-state index in [1.54, 1.807) is 0 Å². The number of carboxylic acid groups (broad SMARTS) is 1. The van der Waals surface area contributed by atoms with E-state index < -0.39 is 5.97 Å². The van der Waals surface area contributed by atoms with Crippen molar-refractivity contribution in [3.8, 4) is 11.1 Å². The van der Waals surface area contributed by atoms with Gasteiger partial charge < -0.3 is 14.7 Å². The predicted octanol–water partition coefficient (Wildman–Crippen LogP) is 3.56. The number of hydrogen-bond acceptors (Lipinski definition) is 5. The fourth-order valence-electron chi connectivity index (χ4n) is 2.32. The molecule has 21 heavy (non-hydrogen) atoms. The van der Waals surface area contributed by atoms with Crippen LogP contribution in [0.4, 0.5) is 10.7 Å². The summed E-state index contributed by atoms with van der Waals surface area (Å²) in [6.07, 6.45) is 0. The molecule has 3 rings (SSSR count). The van der Waals surface area contributed by atoms with Gasteiger partial charge in [0.25, 0.3) is 0 Å². The minimum atomic E-state index is -0.981. The third-order valence-electron chi connectivity index (χ3n) is 3.28.